The number of unbranched alkanes of at least 4 members (excludes halogenated alkanes) is 1. The lowest BCUT2D eigenvalue weighted by Gasteiger charge is -1.94. The average Bonchev–Trinajstić information content (AvgIpc) is 1.66. The highest BCUT2D eigenvalue weighted by Gasteiger charge is 1.99. The van der Waals surface area contributed by atoms with Gasteiger partial charge in [-0.05, 0) is 12.2 Å². The highest BCUT2D eigenvalue weighted by Crippen LogP contribution is 2.14. The molecule has 0 fully saturated rings. The number of hydrogen-bond donors (Lipinski definition) is 0. The zero-order valence-electron chi connectivity index (χ0n) is 4.86. The summed E-state index contributed by atoms with van der Waals surface area (Å²) in [5.74, 6) is -1.59. The van der Waals surface area contributed by atoms with Crippen LogP contribution >= 0.6 is 11.8 Å². The highest BCUT2D eigenvalue weighted by molar-refractivity contribution is 7.99. The summed E-state index contributed by atoms with van der Waals surface area (Å²) >= 11 is 0.722. The molecule has 0 spiro atoms. The van der Waals surface area contributed by atoms with Crippen molar-refractivity contribution in [1.82, 2.24) is 0 Å². The summed E-state index contributed by atoms with van der Waals surface area (Å²) in [5, 5.41) is 0. The van der Waals surface area contributed by atoms with Gasteiger partial charge in [-0.25, -0.2) is 0 Å². The van der Waals surface area contributed by atoms with Crippen molar-refractivity contribution < 1.29 is 8.78 Å². The van der Waals surface area contributed by atoms with Crippen LogP contribution in [0, 0.1) is 0 Å². The molecule has 0 aliphatic carbocycles. The van der Waals surface area contributed by atoms with Gasteiger partial charge in [0, 0.05) is 0 Å². The first kappa shape index (κ1) is 8.21. The van der Waals surface area contributed by atoms with E-state index in [1.54, 1.807) is 0 Å². The average molecular weight is 140 g/mol. The normalized spacial score (nSPS) is 10.5. The number of rotatable bonds is 4. The van der Waals surface area contributed by atoms with Crippen molar-refractivity contribution in [2.45, 2.75) is 25.5 Å². The van der Waals surface area contributed by atoms with Gasteiger partial charge in [0.05, 0.1) is 0 Å². The van der Waals surface area contributed by atoms with Crippen LogP contribution in [0.2, 0.25) is 0 Å². The minimum Gasteiger partial charge on any atom is -0.198 e. The van der Waals surface area contributed by atoms with E-state index in [2.05, 4.69) is 0 Å². The number of hydrogen-bond acceptors (Lipinski definition) is 1. The molecule has 0 saturated heterocycles. The molecular weight excluding hydrogens is 130 g/mol. The maximum Gasteiger partial charge on any atom is 0.284 e. The van der Waals surface area contributed by atoms with Gasteiger partial charge in [0.25, 0.3) is 5.76 Å². The van der Waals surface area contributed by atoms with Gasteiger partial charge in [-0.1, -0.05) is 25.1 Å². The van der Waals surface area contributed by atoms with Crippen LogP contribution in [0.5, 0.6) is 0 Å². The Morgan fingerprint density at radius 1 is 1.50 bits per heavy atom. The first-order valence-corrected chi connectivity index (χ1v) is 3.72. The van der Waals surface area contributed by atoms with Crippen LogP contribution in [0.25, 0.3) is 0 Å². The van der Waals surface area contributed by atoms with Crippen molar-refractivity contribution in [3.8, 4) is 0 Å². The highest BCUT2D eigenvalue weighted by atomic mass is 32.2. The molecule has 0 aromatic rings. The third-order valence-electron chi connectivity index (χ3n) is 0.742. The smallest absolute Gasteiger partial charge is 0.198 e. The molecule has 0 amide bonds. The predicted molar refractivity (Wildman–Crippen MR) is 33.4 cm³/mol. The Hall–Kier alpha value is 0.210. The Morgan fingerprint density at radius 3 is 2.50 bits per heavy atom. The molecule has 50 valence electrons. The topological polar surface area (TPSA) is 0 Å². The summed E-state index contributed by atoms with van der Waals surface area (Å²) in [6.45, 7) is 1.99. The Morgan fingerprint density at radius 2 is 2.12 bits per heavy atom. The van der Waals surface area contributed by atoms with Gasteiger partial charge in [0.2, 0.25) is 0 Å². The minimum atomic E-state index is -2.18. The zero-order chi connectivity index (χ0) is 6.41. The summed E-state index contributed by atoms with van der Waals surface area (Å²) in [5.41, 5.74) is 0. The summed E-state index contributed by atoms with van der Waals surface area (Å²) in [7, 11) is 0. The second-order valence-electron chi connectivity index (χ2n) is 1.48. The molecule has 0 atom stereocenters. The molecule has 0 saturated carbocycles. The van der Waals surface area contributed by atoms with Crippen LogP contribution in [-0.2, 0) is 0 Å². The molecule has 0 unspecified atom stereocenters. The SMILES string of the molecule is CCCCSC(F)F. The van der Waals surface area contributed by atoms with E-state index < -0.39 is 5.76 Å². The number of thioether (sulfide) groups is 1. The lowest BCUT2D eigenvalue weighted by molar-refractivity contribution is 0.252. The van der Waals surface area contributed by atoms with Gasteiger partial charge in [-0.2, -0.15) is 8.78 Å². The summed E-state index contributed by atoms with van der Waals surface area (Å²) in [6, 6.07) is 0. The van der Waals surface area contributed by atoms with Gasteiger partial charge < -0.3 is 0 Å². The van der Waals surface area contributed by atoms with E-state index in [0.29, 0.717) is 5.75 Å². The molecule has 8 heavy (non-hydrogen) atoms. The third kappa shape index (κ3) is 6.21. The fourth-order valence-electron chi connectivity index (χ4n) is 0.317. The fourth-order valence-corrected chi connectivity index (χ4v) is 0.950. The molecule has 0 aromatic heterocycles. The second-order valence-corrected chi connectivity index (χ2v) is 2.58. The van der Waals surface area contributed by atoms with E-state index in [4.69, 9.17) is 0 Å². The van der Waals surface area contributed by atoms with Gasteiger partial charge in [0.15, 0.2) is 0 Å². The molecule has 0 aliphatic rings. The minimum absolute atomic E-state index is 0.591. The van der Waals surface area contributed by atoms with Gasteiger partial charge >= 0.3 is 0 Å². The van der Waals surface area contributed by atoms with E-state index >= 15 is 0 Å². The van der Waals surface area contributed by atoms with Crippen LogP contribution in [-0.4, -0.2) is 11.5 Å². The van der Waals surface area contributed by atoms with Crippen molar-refractivity contribution in [1.29, 1.82) is 0 Å². The Balaban J connectivity index is 2.72. The maximum absolute atomic E-state index is 11.3. The van der Waals surface area contributed by atoms with Gasteiger partial charge in [-0.3, -0.25) is 0 Å². The van der Waals surface area contributed by atoms with Crippen molar-refractivity contribution in [3.63, 3.8) is 0 Å². The van der Waals surface area contributed by atoms with Crippen LogP contribution in [0.15, 0.2) is 0 Å². The van der Waals surface area contributed by atoms with E-state index in [0.717, 1.165) is 24.6 Å². The fraction of sp³-hybridized carbons (Fsp3) is 1.00. The largest absolute Gasteiger partial charge is 0.284 e. The molecular formula is C5H10F2S. The third-order valence-corrected chi connectivity index (χ3v) is 1.52. The van der Waals surface area contributed by atoms with Crippen LogP contribution < -0.4 is 0 Å². The molecule has 0 aliphatic heterocycles. The monoisotopic (exact) mass is 140 g/mol. The zero-order valence-corrected chi connectivity index (χ0v) is 5.68. The Labute approximate surface area is 52.7 Å². The molecule has 0 aromatic carbocycles. The lowest BCUT2D eigenvalue weighted by atomic mass is 10.4. The number of halogens is 2. The summed E-state index contributed by atoms with van der Waals surface area (Å²) < 4.78 is 22.6. The number of alkyl halides is 2. The lowest BCUT2D eigenvalue weighted by Crippen LogP contribution is -1.84. The quantitative estimate of drug-likeness (QED) is 0.541. The van der Waals surface area contributed by atoms with Crippen molar-refractivity contribution in [2.75, 3.05) is 5.75 Å². The van der Waals surface area contributed by atoms with Crippen LogP contribution in [0.3, 0.4) is 0 Å². The molecule has 3 heteroatoms. The van der Waals surface area contributed by atoms with Crippen molar-refractivity contribution >= 4 is 11.8 Å². The first-order valence-electron chi connectivity index (χ1n) is 2.67. The van der Waals surface area contributed by atoms with E-state index in [1.807, 2.05) is 6.92 Å². The van der Waals surface area contributed by atoms with Crippen LogP contribution in [0.4, 0.5) is 8.78 Å². The standard InChI is InChI=1S/C5H10F2S/c1-2-3-4-8-5(6)7/h5H,2-4H2,1H3. The van der Waals surface area contributed by atoms with Crippen LogP contribution in [0.1, 0.15) is 19.8 Å². The van der Waals surface area contributed by atoms with E-state index in [-0.39, 0.29) is 0 Å². The van der Waals surface area contributed by atoms with Crippen molar-refractivity contribution in [2.24, 2.45) is 0 Å². The summed E-state index contributed by atoms with van der Waals surface area (Å²) in [4.78, 5) is 0. The molecule has 0 radical (unpaired) electrons. The Bertz CT molecular complexity index is 47.7. The van der Waals surface area contributed by atoms with E-state index in [9.17, 15) is 8.78 Å². The molecule has 0 bridgehead atoms. The van der Waals surface area contributed by atoms with Gasteiger partial charge in [0.1, 0.15) is 0 Å². The summed E-state index contributed by atoms with van der Waals surface area (Å²) in [6.07, 6.45) is 1.90. The molecule has 0 nitrogen and oxygen atoms in total. The first-order chi connectivity index (χ1) is 3.77. The molecule has 0 N–H and O–H groups in total. The Kier molecular flexibility index (Phi) is 5.49. The maximum atomic E-state index is 11.3. The second kappa shape index (κ2) is 5.35. The van der Waals surface area contributed by atoms with Crippen molar-refractivity contribution in [3.05, 3.63) is 0 Å². The molecule has 0 heterocycles. The molecule has 0 rings (SSSR count). The predicted octanol–water partition coefficient (Wildman–Crippen LogP) is 2.74. The van der Waals surface area contributed by atoms with Gasteiger partial charge in [-0.15, -0.1) is 0 Å². The van der Waals surface area contributed by atoms with E-state index in [1.165, 1.54) is 0 Å².